The average Bonchev–Trinajstić information content (AvgIpc) is 2.28. The van der Waals surface area contributed by atoms with E-state index in [1.165, 1.54) is 11.1 Å². The van der Waals surface area contributed by atoms with E-state index >= 15 is 0 Å². The molecule has 0 saturated carbocycles. The van der Waals surface area contributed by atoms with Crippen molar-refractivity contribution in [3.63, 3.8) is 0 Å². The molecule has 1 rings (SSSR count). The first-order valence-corrected chi connectivity index (χ1v) is 6.41. The Balaban J connectivity index is 3.45. The van der Waals surface area contributed by atoms with Crippen molar-refractivity contribution < 1.29 is 5.11 Å². The van der Waals surface area contributed by atoms with Crippen LogP contribution in [-0.4, -0.2) is 10.8 Å². The smallest absolute Gasteiger partial charge is 0.129 e. The molecule has 0 spiro atoms. The summed E-state index contributed by atoms with van der Waals surface area (Å²) in [6, 6.07) is 6.28. The summed E-state index contributed by atoms with van der Waals surface area (Å²) >= 11 is 0. The van der Waals surface area contributed by atoms with Crippen molar-refractivity contribution in [2.75, 3.05) is 0 Å². The Morgan fingerprint density at radius 3 is 1.89 bits per heavy atom. The maximum atomic E-state index is 9.42. The fourth-order valence-corrected chi connectivity index (χ4v) is 1.87. The number of nitrogens with zero attached hydrogens (tertiary/aromatic N) is 1. The standard InChI is InChI=1S/C16H23NO/c1-10(2)14-8-7-9-15(11(3)4)16(14)17-12(5)13(6)18/h7-11,18H,6H2,1-5H3/b17-12-. The molecule has 1 aromatic rings. The molecule has 0 saturated heterocycles. The molecule has 0 aliphatic rings. The highest BCUT2D eigenvalue weighted by Gasteiger charge is 2.13. The number of hydrogen-bond donors (Lipinski definition) is 1. The highest BCUT2D eigenvalue weighted by atomic mass is 16.3. The highest BCUT2D eigenvalue weighted by Crippen LogP contribution is 2.34. The van der Waals surface area contributed by atoms with Crippen LogP contribution in [-0.2, 0) is 0 Å². The molecule has 2 nitrogen and oxygen atoms in total. The van der Waals surface area contributed by atoms with Gasteiger partial charge in [-0.25, -0.2) is 4.99 Å². The fraction of sp³-hybridized carbons (Fsp3) is 0.438. The van der Waals surface area contributed by atoms with Gasteiger partial charge in [0.2, 0.25) is 0 Å². The molecule has 1 aromatic carbocycles. The third-order valence-corrected chi connectivity index (χ3v) is 3.04. The minimum Gasteiger partial charge on any atom is -0.507 e. The maximum Gasteiger partial charge on any atom is 0.129 e. The van der Waals surface area contributed by atoms with E-state index in [1.807, 2.05) is 0 Å². The van der Waals surface area contributed by atoms with Gasteiger partial charge in [-0.3, -0.25) is 0 Å². The zero-order chi connectivity index (χ0) is 13.9. The molecule has 0 atom stereocenters. The van der Waals surface area contributed by atoms with Crippen LogP contribution in [0.3, 0.4) is 0 Å². The maximum absolute atomic E-state index is 9.42. The van der Waals surface area contributed by atoms with Gasteiger partial charge in [-0.2, -0.15) is 0 Å². The molecule has 0 heterocycles. The van der Waals surface area contributed by atoms with E-state index in [0.717, 1.165) is 5.69 Å². The summed E-state index contributed by atoms with van der Waals surface area (Å²) in [6.07, 6.45) is 0. The molecular weight excluding hydrogens is 222 g/mol. The van der Waals surface area contributed by atoms with Crippen LogP contribution in [0.5, 0.6) is 0 Å². The molecule has 0 aromatic heterocycles. The summed E-state index contributed by atoms with van der Waals surface area (Å²) in [6.45, 7) is 13.9. The van der Waals surface area contributed by atoms with Crippen LogP contribution in [0.25, 0.3) is 0 Å². The molecular formula is C16H23NO. The second kappa shape index (κ2) is 5.85. The molecule has 1 N–H and O–H groups in total. The number of allylic oxidation sites excluding steroid dienone is 1. The van der Waals surface area contributed by atoms with E-state index in [4.69, 9.17) is 0 Å². The van der Waals surface area contributed by atoms with Crippen molar-refractivity contribution >= 4 is 11.4 Å². The molecule has 0 aliphatic carbocycles. The van der Waals surface area contributed by atoms with Crippen LogP contribution in [0, 0.1) is 0 Å². The zero-order valence-corrected chi connectivity index (χ0v) is 12.0. The van der Waals surface area contributed by atoms with Gasteiger partial charge in [0.1, 0.15) is 5.76 Å². The number of aliphatic hydroxyl groups is 1. The first-order chi connectivity index (χ1) is 8.34. The Morgan fingerprint density at radius 2 is 1.56 bits per heavy atom. The molecule has 0 amide bonds. The van der Waals surface area contributed by atoms with E-state index in [-0.39, 0.29) is 5.76 Å². The Kier molecular flexibility index (Phi) is 4.71. The van der Waals surface area contributed by atoms with Crippen LogP contribution >= 0.6 is 0 Å². The van der Waals surface area contributed by atoms with Crippen molar-refractivity contribution in [1.29, 1.82) is 0 Å². The molecule has 2 heteroatoms. The van der Waals surface area contributed by atoms with Gasteiger partial charge in [-0.15, -0.1) is 0 Å². The lowest BCUT2D eigenvalue weighted by molar-refractivity contribution is 0.445. The number of aliphatic imine (C=N–C) groups is 1. The third-order valence-electron chi connectivity index (χ3n) is 3.04. The lowest BCUT2D eigenvalue weighted by Gasteiger charge is -2.16. The second-order valence-corrected chi connectivity index (χ2v) is 5.24. The van der Waals surface area contributed by atoms with Gasteiger partial charge >= 0.3 is 0 Å². The van der Waals surface area contributed by atoms with Gasteiger partial charge in [-0.1, -0.05) is 52.5 Å². The predicted octanol–water partition coefficient (Wildman–Crippen LogP) is 5.10. The Hall–Kier alpha value is -1.57. The predicted molar refractivity (Wildman–Crippen MR) is 79.2 cm³/mol. The van der Waals surface area contributed by atoms with Crippen LogP contribution in [0.4, 0.5) is 5.69 Å². The fourth-order valence-electron chi connectivity index (χ4n) is 1.87. The zero-order valence-electron chi connectivity index (χ0n) is 12.0. The summed E-state index contributed by atoms with van der Waals surface area (Å²) in [7, 11) is 0. The van der Waals surface area contributed by atoms with Gasteiger partial charge in [0.25, 0.3) is 0 Å². The van der Waals surface area contributed by atoms with Crippen molar-refractivity contribution in [3.05, 3.63) is 41.7 Å². The molecule has 0 aliphatic heterocycles. The lowest BCUT2D eigenvalue weighted by Crippen LogP contribution is -1.99. The molecule has 0 fully saturated rings. The highest BCUT2D eigenvalue weighted by molar-refractivity contribution is 5.97. The van der Waals surface area contributed by atoms with Crippen molar-refractivity contribution in [1.82, 2.24) is 0 Å². The average molecular weight is 245 g/mol. The Morgan fingerprint density at radius 1 is 1.11 bits per heavy atom. The summed E-state index contributed by atoms with van der Waals surface area (Å²) in [5.74, 6) is 0.840. The van der Waals surface area contributed by atoms with E-state index in [9.17, 15) is 5.11 Å². The van der Waals surface area contributed by atoms with Crippen LogP contribution in [0.2, 0.25) is 0 Å². The monoisotopic (exact) mass is 245 g/mol. The van der Waals surface area contributed by atoms with Gasteiger partial charge in [0, 0.05) is 0 Å². The first kappa shape index (κ1) is 14.5. The molecule has 98 valence electrons. The third kappa shape index (κ3) is 3.22. The molecule has 0 bridgehead atoms. The number of aliphatic hydroxyl groups excluding tert-OH is 1. The molecule has 0 unspecified atom stereocenters. The molecule has 18 heavy (non-hydrogen) atoms. The Labute approximate surface area is 110 Å². The summed E-state index contributed by atoms with van der Waals surface area (Å²) < 4.78 is 0. The van der Waals surface area contributed by atoms with Crippen LogP contribution in [0.1, 0.15) is 57.6 Å². The lowest BCUT2D eigenvalue weighted by atomic mass is 9.93. The van der Waals surface area contributed by atoms with E-state index in [1.54, 1.807) is 6.92 Å². The van der Waals surface area contributed by atoms with Crippen LogP contribution < -0.4 is 0 Å². The van der Waals surface area contributed by atoms with Gasteiger partial charge < -0.3 is 5.11 Å². The topological polar surface area (TPSA) is 32.6 Å². The van der Waals surface area contributed by atoms with E-state index < -0.39 is 0 Å². The van der Waals surface area contributed by atoms with Gasteiger partial charge in [0.15, 0.2) is 0 Å². The second-order valence-electron chi connectivity index (χ2n) is 5.24. The summed E-state index contributed by atoms with van der Waals surface area (Å²) in [5, 5.41) is 9.42. The number of hydrogen-bond acceptors (Lipinski definition) is 2. The number of rotatable bonds is 4. The minimum atomic E-state index is 0.0308. The summed E-state index contributed by atoms with van der Waals surface area (Å²) in [4.78, 5) is 4.57. The van der Waals surface area contributed by atoms with Crippen molar-refractivity contribution in [2.24, 2.45) is 4.99 Å². The largest absolute Gasteiger partial charge is 0.507 e. The normalized spacial score (nSPS) is 12.3. The van der Waals surface area contributed by atoms with Crippen molar-refractivity contribution in [2.45, 2.75) is 46.5 Å². The Bertz CT molecular complexity index is 444. The molecule has 0 radical (unpaired) electrons. The minimum absolute atomic E-state index is 0.0308. The van der Waals surface area contributed by atoms with E-state index in [2.05, 4.69) is 57.5 Å². The van der Waals surface area contributed by atoms with Crippen molar-refractivity contribution in [3.8, 4) is 0 Å². The first-order valence-electron chi connectivity index (χ1n) is 6.41. The number of para-hydroxylation sites is 1. The van der Waals surface area contributed by atoms with Gasteiger partial charge in [0.05, 0.1) is 11.4 Å². The SMILES string of the molecule is C=C(O)/C(C)=N\c1c(C(C)C)cccc1C(C)C. The summed E-state index contributed by atoms with van der Waals surface area (Å²) in [5.41, 5.74) is 3.98. The van der Waals surface area contributed by atoms with E-state index in [0.29, 0.717) is 17.5 Å². The van der Waals surface area contributed by atoms with Crippen LogP contribution in [0.15, 0.2) is 35.5 Å². The van der Waals surface area contributed by atoms with Gasteiger partial charge in [-0.05, 0) is 29.9 Å². The quantitative estimate of drug-likeness (QED) is 0.581. The number of benzene rings is 1.